The molecule has 0 N–H and O–H groups in total. The van der Waals surface area contributed by atoms with E-state index in [1.54, 1.807) is 11.3 Å². The molecule has 1 aromatic heterocycles. The van der Waals surface area contributed by atoms with Crippen LogP contribution in [0, 0.1) is 0 Å². The first-order chi connectivity index (χ1) is 27.1. The molecule has 1 nitrogen and oxygen atoms in total. The number of thiophene rings is 1. The molecule has 0 fully saturated rings. The van der Waals surface area contributed by atoms with Gasteiger partial charge in [0.25, 0.3) is 0 Å². The predicted molar refractivity (Wildman–Crippen MR) is 220 cm³/mol. The topological polar surface area (TPSA) is 3.24 Å². The molecule has 0 radical (unpaired) electrons. The molecule has 0 saturated heterocycles. The van der Waals surface area contributed by atoms with Gasteiger partial charge in [-0.05, 0) is 92.4 Å². The van der Waals surface area contributed by atoms with E-state index in [9.17, 15) is 0 Å². The molecule has 0 amide bonds. The Morgan fingerprint density at radius 2 is 1.20 bits per heavy atom. The van der Waals surface area contributed by atoms with Gasteiger partial charge in [-0.2, -0.15) is 0 Å². The summed E-state index contributed by atoms with van der Waals surface area (Å²) < 4.78 is 45.4. The van der Waals surface area contributed by atoms with Gasteiger partial charge < -0.3 is 4.90 Å². The van der Waals surface area contributed by atoms with Crippen molar-refractivity contribution in [3.05, 3.63) is 187 Å². The van der Waals surface area contributed by atoms with Gasteiger partial charge in [-0.25, -0.2) is 0 Å². The van der Waals surface area contributed by atoms with Crippen molar-refractivity contribution in [3.8, 4) is 33.4 Å². The fourth-order valence-electron chi connectivity index (χ4n) is 8.10. The van der Waals surface area contributed by atoms with Crippen LogP contribution in [-0.2, 0) is 5.41 Å². The smallest absolute Gasteiger partial charge is 0.0629 e. The van der Waals surface area contributed by atoms with E-state index in [0.717, 1.165) is 59.1 Å². The van der Waals surface area contributed by atoms with Crippen molar-refractivity contribution in [1.82, 2.24) is 0 Å². The van der Waals surface area contributed by atoms with Gasteiger partial charge in [-0.3, -0.25) is 0 Å². The van der Waals surface area contributed by atoms with Gasteiger partial charge in [0, 0.05) is 42.3 Å². The molecule has 1 aliphatic carbocycles. The number of fused-ring (bicyclic) bond motifs is 8. The van der Waals surface area contributed by atoms with E-state index in [0.29, 0.717) is 5.56 Å². The fraction of sp³-hybridized carbons (Fsp3) is 0.0612. The molecule has 0 saturated carbocycles. The zero-order valence-corrected chi connectivity index (χ0v) is 29.0. The Labute approximate surface area is 309 Å². The predicted octanol–water partition coefficient (Wildman–Crippen LogP) is 14.3. The second-order valence-corrected chi connectivity index (χ2v) is 14.8. The van der Waals surface area contributed by atoms with E-state index in [4.69, 9.17) is 6.85 Å². The normalized spacial score (nSPS) is 14.4. The maximum Gasteiger partial charge on any atom is 0.0629 e. The van der Waals surface area contributed by atoms with Gasteiger partial charge in [-0.15, -0.1) is 11.3 Å². The molecule has 0 spiro atoms. The number of anilines is 3. The lowest BCUT2D eigenvalue weighted by molar-refractivity contribution is 0.660. The average molecular weight is 675 g/mol. The van der Waals surface area contributed by atoms with Crippen molar-refractivity contribution in [2.24, 2.45) is 0 Å². The van der Waals surface area contributed by atoms with Gasteiger partial charge in [-0.1, -0.05) is 147 Å². The lowest BCUT2D eigenvalue weighted by atomic mass is 9.82. The summed E-state index contributed by atoms with van der Waals surface area (Å²) in [6.45, 7) is 4.61. The molecule has 0 bridgehead atoms. The highest BCUT2D eigenvalue weighted by atomic mass is 32.1. The van der Waals surface area contributed by atoms with E-state index in [-0.39, 0.29) is 35.1 Å². The van der Waals surface area contributed by atoms with Gasteiger partial charge in [0.1, 0.15) is 0 Å². The van der Waals surface area contributed by atoms with Crippen LogP contribution in [0.4, 0.5) is 17.1 Å². The SMILES string of the molecule is [2H]c1c([2H])c([2H])c(-c2cc3c(sc4cccc(N(c5ccc(-c6ccccc6)cc5)c5ccc6c(c5)C(C)(C)c5ccccc5-6)c43)c3ccccc23)c([2H])c1[2H]. The summed E-state index contributed by atoms with van der Waals surface area (Å²) in [5, 5.41) is 3.85. The molecule has 2 heteroatoms. The average Bonchev–Trinajstić information content (AvgIpc) is 3.72. The van der Waals surface area contributed by atoms with E-state index >= 15 is 0 Å². The van der Waals surface area contributed by atoms with Crippen LogP contribution in [-0.4, -0.2) is 0 Å². The molecule has 8 aromatic carbocycles. The van der Waals surface area contributed by atoms with Crippen molar-refractivity contribution in [3.63, 3.8) is 0 Å². The molecule has 1 heterocycles. The highest BCUT2D eigenvalue weighted by Gasteiger charge is 2.36. The first-order valence-corrected chi connectivity index (χ1v) is 18.1. The Balaban J connectivity index is 1.26. The largest absolute Gasteiger partial charge is 0.310 e. The third-order valence-electron chi connectivity index (χ3n) is 10.5. The zero-order chi connectivity index (χ0) is 38.5. The second kappa shape index (κ2) is 11.6. The van der Waals surface area contributed by atoms with E-state index in [1.165, 1.54) is 22.3 Å². The molecule has 51 heavy (non-hydrogen) atoms. The zero-order valence-electron chi connectivity index (χ0n) is 33.2. The van der Waals surface area contributed by atoms with Crippen LogP contribution >= 0.6 is 11.3 Å². The monoisotopic (exact) mass is 674 g/mol. The highest BCUT2D eigenvalue weighted by molar-refractivity contribution is 7.26. The highest BCUT2D eigenvalue weighted by Crippen LogP contribution is 2.52. The summed E-state index contributed by atoms with van der Waals surface area (Å²) in [5.74, 6) is 0. The third kappa shape index (κ3) is 4.67. The Hall–Kier alpha value is -5.96. The van der Waals surface area contributed by atoms with Gasteiger partial charge >= 0.3 is 0 Å². The first-order valence-electron chi connectivity index (χ1n) is 19.8. The van der Waals surface area contributed by atoms with Gasteiger partial charge in [0.05, 0.1) is 12.5 Å². The Bertz CT molecular complexity index is 3030. The molecule has 0 unspecified atom stereocenters. The van der Waals surface area contributed by atoms with Crippen LogP contribution in [0.25, 0.3) is 64.3 Å². The Kier molecular flexibility index (Phi) is 5.68. The summed E-state index contributed by atoms with van der Waals surface area (Å²) >= 11 is 1.72. The summed E-state index contributed by atoms with van der Waals surface area (Å²) in [6, 6.07) is 49.7. The van der Waals surface area contributed by atoms with Crippen LogP contribution in [0.5, 0.6) is 0 Å². The number of rotatable bonds is 5. The van der Waals surface area contributed by atoms with Crippen LogP contribution < -0.4 is 4.90 Å². The minimum atomic E-state index is -0.396. The quantitative estimate of drug-likeness (QED) is 0.176. The van der Waals surface area contributed by atoms with Crippen molar-refractivity contribution >= 4 is 59.3 Å². The van der Waals surface area contributed by atoms with E-state index in [2.05, 4.69) is 134 Å². The van der Waals surface area contributed by atoms with Crippen LogP contribution in [0.3, 0.4) is 0 Å². The summed E-state index contributed by atoms with van der Waals surface area (Å²) in [4.78, 5) is 2.35. The van der Waals surface area contributed by atoms with Crippen molar-refractivity contribution in [2.45, 2.75) is 19.3 Å². The molecular formula is C49H35NS. The van der Waals surface area contributed by atoms with Gasteiger partial charge in [0.15, 0.2) is 0 Å². The molecule has 0 aliphatic heterocycles. The molecular weight excluding hydrogens is 635 g/mol. The number of benzene rings is 8. The fourth-order valence-corrected chi connectivity index (χ4v) is 9.34. The number of hydrogen-bond acceptors (Lipinski definition) is 2. The van der Waals surface area contributed by atoms with Crippen molar-refractivity contribution in [1.29, 1.82) is 0 Å². The van der Waals surface area contributed by atoms with Crippen LogP contribution in [0.1, 0.15) is 31.8 Å². The van der Waals surface area contributed by atoms with Gasteiger partial charge in [0.2, 0.25) is 0 Å². The summed E-state index contributed by atoms with van der Waals surface area (Å²) in [5.41, 5.74) is 11.1. The molecule has 0 atom stereocenters. The maximum atomic E-state index is 8.96. The number of nitrogens with zero attached hydrogens (tertiary/aromatic N) is 1. The van der Waals surface area contributed by atoms with Crippen LogP contribution in [0.15, 0.2) is 176 Å². The number of hydrogen-bond donors (Lipinski definition) is 0. The second-order valence-electron chi connectivity index (χ2n) is 13.7. The minimum absolute atomic E-state index is 0.191. The Morgan fingerprint density at radius 1 is 0.510 bits per heavy atom. The maximum absolute atomic E-state index is 8.96. The summed E-state index contributed by atoms with van der Waals surface area (Å²) in [7, 11) is 0. The first kappa shape index (κ1) is 25.1. The van der Waals surface area contributed by atoms with Crippen molar-refractivity contribution < 1.29 is 6.85 Å². The third-order valence-corrected chi connectivity index (χ3v) is 11.8. The van der Waals surface area contributed by atoms with Crippen LogP contribution in [0.2, 0.25) is 0 Å². The lowest BCUT2D eigenvalue weighted by Crippen LogP contribution is -2.16. The molecule has 1 aliphatic rings. The van der Waals surface area contributed by atoms with Crippen molar-refractivity contribution in [2.75, 3.05) is 4.90 Å². The lowest BCUT2D eigenvalue weighted by Gasteiger charge is -2.29. The molecule has 9 aromatic rings. The summed E-state index contributed by atoms with van der Waals surface area (Å²) in [6.07, 6.45) is 0. The standard InChI is InChI=1S/C49H35NS/c1-49(2)43-21-12-11-19-38(43)39-29-28-36(30-44(39)49)50(35-26-24-33(25-27-35)32-14-5-3-6-15-32)45-22-13-23-46-47(45)42-31-41(34-16-7-4-8-17-34)37-18-9-10-20-40(37)48(42)51-46/h3-31H,1-2H3/i4D,7D,8D,16D,17D. The van der Waals surface area contributed by atoms with E-state index in [1.807, 2.05) is 30.3 Å². The Morgan fingerprint density at radius 3 is 2.02 bits per heavy atom. The van der Waals surface area contributed by atoms with E-state index < -0.39 is 6.04 Å². The molecule has 10 rings (SSSR count). The minimum Gasteiger partial charge on any atom is -0.310 e. The molecule has 242 valence electrons.